The minimum atomic E-state index is -3.06. The van der Waals surface area contributed by atoms with Gasteiger partial charge in [0.1, 0.15) is 0 Å². The minimum Gasteiger partial charge on any atom is -0.347 e. The number of anilines is 1. The van der Waals surface area contributed by atoms with Crippen LogP contribution in [0.4, 0.5) is 14.5 Å². The number of benzene rings is 1. The molecule has 160 valence electrons. The first-order valence-electron chi connectivity index (χ1n) is 9.92. The third-order valence-corrected chi connectivity index (χ3v) is 8.00. The summed E-state index contributed by atoms with van der Waals surface area (Å²) in [6.07, 6.45) is -0.781. The van der Waals surface area contributed by atoms with E-state index in [9.17, 15) is 18.4 Å². The van der Waals surface area contributed by atoms with Gasteiger partial charge in [-0.15, -0.1) is 11.3 Å². The van der Waals surface area contributed by atoms with Gasteiger partial charge in [-0.1, -0.05) is 17.8 Å². The quantitative estimate of drug-likeness (QED) is 0.687. The molecule has 0 spiro atoms. The first kappa shape index (κ1) is 21.3. The lowest BCUT2D eigenvalue weighted by Crippen LogP contribution is -2.62. The number of hydrogen-bond donors (Lipinski definition) is 2. The molecule has 1 aromatic carbocycles. The fourth-order valence-electron chi connectivity index (χ4n) is 4.22. The Morgan fingerprint density at radius 2 is 1.97 bits per heavy atom. The van der Waals surface area contributed by atoms with Crippen LogP contribution < -0.4 is 10.6 Å². The molecule has 2 atom stereocenters. The molecule has 0 unspecified atom stereocenters. The molecular weight excluding hydrogens is 428 g/mol. The molecule has 0 radical (unpaired) electrons. The Morgan fingerprint density at radius 3 is 2.67 bits per heavy atom. The molecule has 2 amide bonds. The van der Waals surface area contributed by atoms with E-state index in [2.05, 4.69) is 22.5 Å². The number of carbonyl (C=O) groups excluding carboxylic acids is 2. The molecule has 9 heteroatoms. The third kappa shape index (κ3) is 4.68. The highest BCUT2D eigenvalue weighted by Crippen LogP contribution is 2.36. The van der Waals surface area contributed by atoms with E-state index < -0.39 is 12.3 Å². The van der Waals surface area contributed by atoms with Gasteiger partial charge in [0, 0.05) is 22.7 Å². The maximum atomic E-state index is 12.8. The summed E-state index contributed by atoms with van der Waals surface area (Å²) in [5.41, 5.74) is 0.316. The smallest absolute Gasteiger partial charge is 0.315 e. The van der Waals surface area contributed by atoms with Crippen LogP contribution in [-0.2, 0) is 4.79 Å². The summed E-state index contributed by atoms with van der Waals surface area (Å²) in [6.45, 7) is 4.43. The van der Waals surface area contributed by atoms with Gasteiger partial charge in [0.2, 0.25) is 0 Å². The van der Waals surface area contributed by atoms with Crippen LogP contribution >= 0.6 is 23.1 Å². The van der Waals surface area contributed by atoms with Gasteiger partial charge in [-0.3, -0.25) is 14.5 Å². The number of rotatable bonds is 6. The molecule has 1 aromatic heterocycles. The summed E-state index contributed by atoms with van der Waals surface area (Å²) < 4.78 is 25.8. The normalized spacial score (nSPS) is 25.3. The molecule has 3 aliphatic heterocycles. The molecule has 0 saturated carbocycles. The fraction of sp³-hybridized carbons (Fsp3) is 0.429. The Morgan fingerprint density at radius 1 is 1.20 bits per heavy atom. The van der Waals surface area contributed by atoms with Crippen LogP contribution in [0.1, 0.15) is 29.4 Å². The van der Waals surface area contributed by atoms with Gasteiger partial charge in [-0.2, -0.15) is 8.78 Å². The monoisotopic (exact) mass is 451 g/mol. The lowest BCUT2D eigenvalue weighted by molar-refractivity contribution is -0.126. The summed E-state index contributed by atoms with van der Waals surface area (Å²) in [7, 11) is 0. The molecule has 3 aliphatic rings. The average Bonchev–Trinajstić information content (AvgIpc) is 3.19. The van der Waals surface area contributed by atoms with Crippen molar-refractivity contribution in [2.75, 3.05) is 18.4 Å². The molecule has 3 fully saturated rings. The Balaban J connectivity index is 1.38. The van der Waals surface area contributed by atoms with Gasteiger partial charge in [0.05, 0.1) is 9.09 Å². The van der Waals surface area contributed by atoms with E-state index in [0.29, 0.717) is 22.5 Å². The highest BCUT2D eigenvalue weighted by molar-refractivity contribution is 8.01. The number of halogens is 2. The summed E-state index contributed by atoms with van der Waals surface area (Å²) in [5, 5.41) is 5.42. The number of nitrogens with zero attached hydrogens (tertiary/aromatic N) is 1. The van der Waals surface area contributed by atoms with Crippen LogP contribution in [0.15, 0.2) is 45.5 Å². The van der Waals surface area contributed by atoms with Crippen LogP contribution in [0.3, 0.4) is 0 Å². The number of piperidine rings is 3. The van der Waals surface area contributed by atoms with Crippen LogP contribution in [0.2, 0.25) is 0 Å². The maximum Gasteiger partial charge on any atom is 0.315 e. The van der Waals surface area contributed by atoms with Crippen LogP contribution in [0.5, 0.6) is 0 Å². The van der Waals surface area contributed by atoms with Gasteiger partial charge in [0.15, 0.2) is 0 Å². The standard InChI is InChI=1S/C21H23F2N3O2S2/c1-12-18(13-7-9-26(12)10-8-13)25-20(27)16-5-6-17(30-16)29-15-4-2-3-14(11-15)24-21(28)19(22)23/h2-6,11-13,18-19H,7-10H2,1H3,(H,24,28)(H,25,27)/t12-,18+/m1/s1. The van der Waals surface area contributed by atoms with Crippen molar-refractivity contribution in [1.29, 1.82) is 0 Å². The summed E-state index contributed by atoms with van der Waals surface area (Å²) >= 11 is 2.83. The molecular formula is C21H23F2N3O2S2. The van der Waals surface area contributed by atoms with Crippen molar-refractivity contribution in [3.05, 3.63) is 41.3 Å². The molecule has 2 aromatic rings. The van der Waals surface area contributed by atoms with E-state index >= 15 is 0 Å². The first-order valence-corrected chi connectivity index (χ1v) is 11.6. The lowest BCUT2D eigenvalue weighted by Gasteiger charge is -2.49. The predicted octanol–water partition coefficient (Wildman–Crippen LogP) is 4.32. The fourth-order valence-corrected chi connectivity index (χ4v) is 6.28. The minimum absolute atomic E-state index is 0.0459. The van der Waals surface area contributed by atoms with Crippen molar-refractivity contribution < 1.29 is 18.4 Å². The number of nitrogens with one attached hydrogen (secondary N) is 2. The average molecular weight is 452 g/mol. The SMILES string of the molecule is C[C@@H]1[C@H](NC(=O)c2ccc(Sc3cccc(NC(=O)C(F)F)c3)s2)C2CCN1CC2. The molecule has 5 rings (SSSR count). The van der Waals surface area contributed by atoms with E-state index in [0.717, 1.165) is 35.0 Å². The number of hydrogen-bond acceptors (Lipinski definition) is 5. The van der Waals surface area contributed by atoms with Crippen molar-refractivity contribution in [1.82, 2.24) is 10.2 Å². The molecule has 2 bridgehead atoms. The Bertz CT molecular complexity index is 926. The second kappa shape index (κ2) is 9.03. The van der Waals surface area contributed by atoms with E-state index in [1.54, 1.807) is 18.2 Å². The Kier molecular flexibility index (Phi) is 6.40. The highest BCUT2D eigenvalue weighted by Gasteiger charge is 2.40. The number of amides is 2. The second-order valence-electron chi connectivity index (χ2n) is 7.65. The van der Waals surface area contributed by atoms with Gasteiger partial charge >= 0.3 is 6.43 Å². The topological polar surface area (TPSA) is 61.4 Å². The van der Waals surface area contributed by atoms with E-state index in [-0.39, 0.29) is 11.9 Å². The van der Waals surface area contributed by atoms with E-state index in [1.807, 2.05) is 18.2 Å². The largest absolute Gasteiger partial charge is 0.347 e. The van der Waals surface area contributed by atoms with Crippen LogP contribution in [-0.4, -0.2) is 48.3 Å². The number of carbonyl (C=O) groups is 2. The molecule has 30 heavy (non-hydrogen) atoms. The zero-order valence-electron chi connectivity index (χ0n) is 16.4. The van der Waals surface area contributed by atoms with Gasteiger partial charge < -0.3 is 10.6 Å². The van der Waals surface area contributed by atoms with Crippen LogP contribution in [0, 0.1) is 5.92 Å². The Labute approximate surface area is 182 Å². The molecule has 3 saturated heterocycles. The van der Waals surface area contributed by atoms with Gasteiger partial charge in [-0.25, -0.2) is 0 Å². The van der Waals surface area contributed by atoms with Gasteiger partial charge in [0.25, 0.3) is 11.8 Å². The number of thiophene rings is 1. The summed E-state index contributed by atoms with van der Waals surface area (Å²) in [4.78, 5) is 27.9. The highest BCUT2D eigenvalue weighted by atomic mass is 32.2. The molecule has 4 heterocycles. The van der Waals surface area contributed by atoms with Gasteiger partial charge in [-0.05, 0) is 69.1 Å². The maximum absolute atomic E-state index is 12.8. The van der Waals surface area contributed by atoms with E-state index in [1.165, 1.54) is 23.1 Å². The zero-order valence-corrected chi connectivity index (χ0v) is 18.1. The van der Waals surface area contributed by atoms with Crippen molar-refractivity contribution in [2.24, 2.45) is 5.92 Å². The zero-order chi connectivity index (χ0) is 21.3. The van der Waals surface area contributed by atoms with Crippen LogP contribution in [0.25, 0.3) is 0 Å². The lowest BCUT2D eigenvalue weighted by atomic mass is 9.79. The molecule has 5 nitrogen and oxygen atoms in total. The predicted molar refractivity (Wildman–Crippen MR) is 115 cm³/mol. The number of fused-ring (bicyclic) bond motifs is 3. The first-order chi connectivity index (χ1) is 14.4. The van der Waals surface area contributed by atoms with Crippen molar-refractivity contribution in [2.45, 2.75) is 47.4 Å². The molecule has 2 N–H and O–H groups in total. The molecule has 0 aliphatic carbocycles. The van der Waals surface area contributed by atoms with Crippen molar-refractivity contribution in [3.63, 3.8) is 0 Å². The van der Waals surface area contributed by atoms with Crippen molar-refractivity contribution in [3.8, 4) is 0 Å². The van der Waals surface area contributed by atoms with E-state index in [4.69, 9.17) is 0 Å². The number of alkyl halides is 2. The third-order valence-electron chi connectivity index (χ3n) is 5.80. The summed E-state index contributed by atoms with van der Waals surface area (Å²) in [6, 6.07) is 11.0. The van der Waals surface area contributed by atoms with Crippen molar-refractivity contribution >= 4 is 40.6 Å². The summed E-state index contributed by atoms with van der Waals surface area (Å²) in [5.74, 6) is -0.821. The Hall–Kier alpha value is -1.97. The second-order valence-corrected chi connectivity index (χ2v) is 10.1.